The lowest BCUT2D eigenvalue weighted by molar-refractivity contribution is 0.571. The molecule has 26 heavy (non-hydrogen) atoms. The molecule has 132 valence electrons. The van der Waals surface area contributed by atoms with E-state index in [1.54, 1.807) is 6.20 Å². The third-order valence-corrected chi connectivity index (χ3v) is 3.98. The highest BCUT2D eigenvalue weighted by Gasteiger charge is 2.17. The van der Waals surface area contributed by atoms with Crippen molar-refractivity contribution in [1.82, 2.24) is 34.9 Å². The van der Waals surface area contributed by atoms with Crippen LogP contribution in [0.3, 0.4) is 0 Å². The lowest BCUT2D eigenvalue weighted by Gasteiger charge is -2.04. The first-order valence-corrected chi connectivity index (χ1v) is 8.15. The lowest BCUT2D eigenvalue weighted by Crippen LogP contribution is -2.14. The Labute approximate surface area is 149 Å². The number of anilines is 1. The first-order valence-electron chi connectivity index (χ1n) is 8.15. The summed E-state index contributed by atoms with van der Waals surface area (Å²) in [4.78, 5) is 17.4. The molecule has 9 nitrogen and oxygen atoms in total. The molecule has 4 heterocycles. The number of oxazole rings is 1. The zero-order chi connectivity index (χ0) is 18.1. The predicted octanol–water partition coefficient (Wildman–Crippen LogP) is 1.66. The van der Waals surface area contributed by atoms with Crippen LogP contribution in [0.15, 0.2) is 35.2 Å². The Kier molecular flexibility index (Phi) is 4.05. The van der Waals surface area contributed by atoms with E-state index < -0.39 is 0 Å². The number of pyridine rings is 1. The molecule has 3 N–H and O–H groups in total. The summed E-state index contributed by atoms with van der Waals surface area (Å²) >= 11 is 0. The molecule has 0 amide bonds. The van der Waals surface area contributed by atoms with Crippen molar-refractivity contribution in [2.24, 2.45) is 0 Å². The highest BCUT2D eigenvalue weighted by molar-refractivity contribution is 5.65. The summed E-state index contributed by atoms with van der Waals surface area (Å²) in [6.45, 7) is 5.02. The zero-order valence-electron chi connectivity index (χ0n) is 14.5. The third kappa shape index (κ3) is 3.00. The molecular formula is C17H18N8O. The number of hydrogen-bond donors (Lipinski definition) is 2. The van der Waals surface area contributed by atoms with E-state index in [1.165, 1.54) is 10.8 Å². The standard InChI is InChI=1S/C17H18N8O/c1-10-3-4-12(21-7-10)8-19-9-13-22-15-11(2)14(16-20-5-6-26-16)23-17(18)25(15)24-13/h3-7,19H,8-9H2,1-2H3,(H2,18,23). The largest absolute Gasteiger partial charge is 0.443 e. The van der Waals surface area contributed by atoms with Gasteiger partial charge >= 0.3 is 0 Å². The van der Waals surface area contributed by atoms with Gasteiger partial charge in [-0.25, -0.2) is 15.0 Å². The zero-order valence-corrected chi connectivity index (χ0v) is 14.5. The number of nitrogens with one attached hydrogen (secondary N) is 1. The molecule has 0 fully saturated rings. The first-order chi connectivity index (χ1) is 12.6. The molecule has 0 aliphatic rings. The summed E-state index contributed by atoms with van der Waals surface area (Å²) in [7, 11) is 0. The van der Waals surface area contributed by atoms with Crippen LogP contribution >= 0.6 is 0 Å². The summed E-state index contributed by atoms with van der Waals surface area (Å²) in [6, 6.07) is 4.03. The highest BCUT2D eigenvalue weighted by atomic mass is 16.3. The van der Waals surface area contributed by atoms with Crippen LogP contribution in [0.25, 0.3) is 17.2 Å². The molecule has 0 aliphatic heterocycles. The molecular weight excluding hydrogens is 332 g/mol. The van der Waals surface area contributed by atoms with Crippen LogP contribution in [0.2, 0.25) is 0 Å². The second-order valence-electron chi connectivity index (χ2n) is 5.97. The van der Waals surface area contributed by atoms with Crippen LogP contribution in [0.1, 0.15) is 22.6 Å². The SMILES string of the molecule is Cc1ccc(CNCc2nc3c(C)c(-c4ncco4)nc(N)n3n2)nc1. The molecule has 0 atom stereocenters. The Balaban J connectivity index is 1.56. The molecule has 4 rings (SSSR count). The van der Waals surface area contributed by atoms with Crippen molar-refractivity contribution in [2.45, 2.75) is 26.9 Å². The van der Waals surface area contributed by atoms with Gasteiger partial charge in [0.05, 0.1) is 18.4 Å². The molecule has 0 bridgehead atoms. The van der Waals surface area contributed by atoms with Crippen LogP contribution in [-0.2, 0) is 13.1 Å². The van der Waals surface area contributed by atoms with Crippen molar-refractivity contribution < 1.29 is 4.42 Å². The molecule has 0 aliphatic carbocycles. The van der Waals surface area contributed by atoms with Gasteiger partial charge in [0, 0.05) is 18.3 Å². The fraction of sp³-hybridized carbons (Fsp3) is 0.235. The van der Waals surface area contributed by atoms with Gasteiger partial charge in [0.2, 0.25) is 11.8 Å². The summed E-state index contributed by atoms with van der Waals surface area (Å²) in [5.74, 6) is 1.26. The van der Waals surface area contributed by atoms with E-state index in [2.05, 4.69) is 30.4 Å². The van der Waals surface area contributed by atoms with Gasteiger partial charge in [-0.15, -0.1) is 5.10 Å². The third-order valence-electron chi connectivity index (χ3n) is 3.98. The van der Waals surface area contributed by atoms with E-state index in [9.17, 15) is 0 Å². The van der Waals surface area contributed by atoms with E-state index in [1.807, 2.05) is 32.2 Å². The van der Waals surface area contributed by atoms with Gasteiger partial charge in [0.25, 0.3) is 0 Å². The van der Waals surface area contributed by atoms with Gasteiger partial charge in [-0.05, 0) is 25.5 Å². The van der Waals surface area contributed by atoms with Crippen molar-refractivity contribution in [1.29, 1.82) is 0 Å². The molecule has 4 aromatic heterocycles. The minimum atomic E-state index is 0.234. The van der Waals surface area contributed by atoms with Gasteiger partial charge in [-0.1, -0.05) is 6.07 Å². The summed E-state index contributed by atoms with van der Waals surface area (Å²) in [5, 5.41) is 7.71. The Bertz CT molecular complexity index is 1040. The van der Waals surface area contributed by atoms with Crippen molar-refractivity contribution in [3.8, 4) is 11.6 Å². The number of nitrogens with two attached hydrogens (primary N) is 1. The minimum Gasteiger partial charge on any atom is -0.443 e. The number of nitrogens with zero attached hydrogens (tertiary/aromatic N) is 6. The maximum absolute atomic E-state index is 6.03. The normalized spacial score (nSPS) is 11.3. The average Bonchev–Trinajstić information content (AvgIpc) is 3.30. The van der Waals surface area contributed by atoms with Crippen LogP contribution in [0.5, 0.6) is 0 Å². The number of fused-ring (bicyclic) bond motifs is 1. The van der Waals surface area contributed by atoms with E-state index in [-0.39, 0.29) is 5.95 Å². The molecule has 0 saturated carbocycles. The highest BCUT2D eigenvalue weighted by Crippen LogP contribution is 2.23. The van der Waals surface area contributed by atoms with Crippen LogP contribution < -0.4 is 11.1 Å². The molecule has 0 spiro atoms. The summed E-state index contributed by atoms with van der Waals surface area (Å²) < 4.78 is 6.86. The molecule has 9 heteroatoms. The van der Waals surface area contributed by atoms with Crippen molar-refractivity contribution >= 4 is 11.6 Å². The van der Waals surface area contributed by atoms with E-state index >= 15 is 0 Å². The maximum Gasteiger partial charge on any atom is 0.245 e. The van der Waals surface area contributed by atoms with Gasteiger partial charge in [0.1, 0.15) is 12.0 Å². The Morgan fingerprint density at radius 1 is 1.15 bits per heavy atom. The Morgan fingerprint density at radius 2 is 2.04 bits per heavy atom. The lowest BCUT2D eigenvalue weighted by atomic mass is 10.2. The fourth-order valence-corrected chi connectivity index (χ4v) is 2.64. The number of nitrogen functional groups attached to an aromatic ring is 1. The average molecular weight is 350 g/mol. The molecule has 0 unspecified atom stereocenters. The monoisotopic (exact) mass is 350 g/mol. The maximum atomic E-state index is 6.03. The van der Waals surface area contributed by atoms with Crippen LogP contribution in [-0.4, -0.2) is 29.5 Å². The number of hydrogen-bond acceptors (Lipinski definition) is 8. The molecule has 0 aromatic carbocycles. The number of rotatable bonds is 5. The second kappa shape index (κ2) is 6.52. The summed E-state index contributed by atoms with van der Waals surface area (Å²) in [6.07, 6.45) is 4.91. The second-order valence-corrected chi connectivity index (χ2v) is 5.97. The van der Waals surface area contributed by atoms with Crippen molar-refractivity contribution in [2.75, 3.05) is 5.73 Å². The Hall–Kier alpha value is -3.33. The van der Waals surface area contributed by atoms with E-state index in [4.69, 9.17) is 10.2 Å². The van der Waals surface area contributed by atoms with Crippen LogP contribution in [0.4, 0.5) is 5.95 Å². The van der Waals surface area contributed by atoms with E-state index in [0.717, 1.165) is 16.8 Å². The van der Waals surface area contributed by atoms with Crippen molar-refractivity contribution in [3.05, 3.63) is 53.4 Å². The van der Waals surface area contributed by atoms with Crippen LogP contribution in [0, 0.1) is 13.8 Å². The van der Waals surface area contributed by atoms with Gasteiger partial charge < -0.3 is 15.5 Å². The fourth-order valence-electron chi connectivity index (χ4n) is 2.64. The smallest absolute Gasteiger partial charge is 0.245 e. The van der Waals surface area contributed by atoms with Gasteiger partial charge in [-0.2, -0.15) is 4.52 Å². The molecule has 4 aromatic rings. The molecule has 0 saturated heterocycles. The first kappa shape index (κ1) is 16.2. The van der Waals surface area contributed by atoms with Crippen molar-refractivity contribution in [3.63, 3.8) is 0 Å². The number of aromatic nitrogens is 6. The topological polar surface area (TPSA) is 120 Å². The van der Waals surface area contributed by atoms with E-state index in [0.29, 0.717) is 36.1 Å². The van der Waals surface area contributed by atoms with Gasteiger partial charge in [-0.3, -0.25) is 4.98 Å². The number of aryl methyl sites for hydroxylation is 2. The minimum absolute atomic E-state index is 0.234. The molecule has 0 radical (unpaired) electrons. The van der Waals surface area contributed by atoms with Gasteiger partial charge in [0.15, 0.2) is 11.5 Å². The summed E-state index contributed by atoms with van der Waals surface area (Å²) in [5.41, 5.74) is 10.1. The quantitative estimate of drug-likeness (QED) is 0.557. The Morgan fingerprint density at radius 3 is 2.77 bits per heavy atom. The predicted molar refractivity (Wildman–Crippen MR) is 94.9 cm³/mol.